The smallest absolute Gasteiger partial charge is 0.266 e. The molecule has 1 aromatic heterocycles. The lowest BCUT2D eigenvalue weighted by atomic mass is 10.2. The minimum Gasteiger partial charge on any atom is -0.368 e. The fourth-order valence-corrected chi connectivity index (χ4v) is 4.22. The Hall–Kier alpha value is -3.00. The van der Waals surface area contributed by atoms with Crippen LogP contribution in [0.5, 0.6) is 0 Å². The number of halogens is 2. The summed E-state index contributed by atoms with van der Waals surface area (Å²) in [4.78, 5) is 22.0. The molecule has 1 saturated heterocycles. The van der Waals surface area contributed by atoms with Crippen molar-refractivity contribution in [3.05, 3.63) is 70.7 Å². The monoisotopic (exact) mass is 414 g/mol. The minimum absolute atomic E-state index is 0.0362. The Morgan fingerprint density at radius 3 is 2.17 bits per heavy atom. The molecule has 0 saturated carbocycles. The fraction of sp³-hybridized carbons (Fsp3) is 0.238. The lowest BCUT2D eigenvalue weighted by molar-refractivity contribution is 0.0750. The van der Waals surface area contributed by atoms with Gasteiger partial charge in [0, 0.05) is 37.6 Å². The quantitative estimate of drug-likeness (QED) is 0.686. The molecule has 0 spiro atoms. The van der Waals surface area contributed by atoms with Crippen molar-refractivity contribution in [1.82, 2.24) is 9.88 Å². The predicted octanol–water partition coefficient (Wildman–Crippen LogP) is 4.44. The van der Waals surface area contributed by atoms with Crippen molar-refractivity contribution in [2.45, 2.75) is 6.92 Å². The summed E-state index contributed by atoms with van der Waals surface area (Å²) < 4.78 is 26.2. The average molecular weight is 414 g/mol. The number of aromatic nitrogens is 1. The van der Waals surface area contributed by atoms with E-state index < -0.39 is 0 Å². The van der Waals surface area contributed by atoms with E-state index in [9.17, 15) is 13.6 Å². The van der Waals surface area contributed by atoms with Crippen molar-refractivity contribution in [2.75, 3.05) is 36.4 Å². The van der Waals surface area contributed by atoms with E-state index in [1.807, 2.05) is 11.8 Å². The zero-order valence-electron chi connectivity index (χ0n) is 15.9. The molecule has 2 heterocycles. The molecule has 0 atom stereocenters. The highest BCUT2D eigenvalue weighted by atomic mass is 32.1. The fourth-order valence-electron chi connectivity index (χ4n) is 3.27. The van der Waals surface area contributed by atoms with Crippen molar-refractivity contribution >= 4 is 33.8 Å². The average Bonchev–Trinajstić information content (AvgIpc) is 3.10. The van der Waals surface area contributed by atoms with E-state index in [0.717, 1.165) is 5.69 Å². The van der Waals surface area contributed by atoms with Gasteiger partial charge in [-0.3, -0.25) is 4.79 Å². The maximum absolute atomic E-state index is 13.1. The zero-order valence-corrected chi connectivity index (χ0v) is 16.7. The van der Waals surface area contributed by atoms with Gasteiger partial charge in [-0.1, -0.05) is 11.3 Å². The summed E-state index contributed by atoms with van der Waals surface area (Å²) in [6.45, 7) is 4.38. The van der Waals surface area contributed by atoms with Crippen LogP contribution in [0.15, 0.2) is 48.5 Å². The largest absolute Gasteiger partial charge is 0.368 e. The molecule has 4 rings (SSSR count). The Morgan fingerprint density at radius 2 is 1.55 bits per heavy atom. The first-order valence-corrected chi connectivity index (χ1v) is 10.1. The second-order valence-electron chi connectivity index (χ2n) is 6.82. The summed E-state index contributed by atoms with van der Waals surface area (Å²) in [6.07, 6.45) is 0. The Bertz CT molecular complexity index is 997. The Morgan fingerprint density at radius 1 is 0.966 bits per heavy atom. The van der Waals surface area contributed by atoms with Crippen molar-refractivity contribution < 1.29 is 13.6 Å². The van der Waals surface area contributed by atoms with Gasteiger partial charge in [0.05, 0.1) is 5.69 Å². The lowest BCUT2D eigenvalue weighted by Gasteiger charge is -2.36. The molecule has 150 valence electrons. The first-order chi connectivity index (χ1) is 14.0. The van der Waals surface area contributed by atoms with Crippen molar-refractivity contribution in [1.29, 1.82) is 0 Å². The third kappa shape index (κ3) is 4.37. The third-order valence-corrected chi connectivity index (χ3v) is 5.91. The third-order valence-electron chi connectivity index (χ3n) is 4.84. The van der Waals surface area contributed by atoms with E-state index in [1.54, 1.807) is 24.3 Å². The van der Waals surface area contributed by atoms with Crippen LogP contribution in [0.2, 0.25) is 0 Å². The highest BCUT2D eigenvalue weighted by Crippen LogP contribution is 2.27. The van der Waals surface area contributed by atoms with Crippen molar-refractivity contribution in [3.63, 3.8) is 0 Å². The number of nitrogens with one attached hydrogen (secondary N) is 1. The maximum Gasteiger partial charge on any atom is 0.266 e. The number of anilines is 3. The lowest BCUT2D eigenvalue weighted by Crippen LogP contribution is -2.48. The molecule has 2 aromatic carbocycles. The summed E-state index contributed by atoms with van der Waals surface area (Å²) in [6, 6.07) is 12.4. The van der Waals surface area contributed by atoms with E-state index in [2.05, 4.69) is 15.2 Å². The molecule has 1 amide bonds. The SMILES string of the molecule is Cc1nc(Nc2ccc(F)cc2)sc1C(=O)N1CCN(c2ccc(F)cc2)CC1. The molecular weight excluding hydrogens is 394 g/mol. The summed E-state index contributed by atoms with van der Waals surface area (Å²) in [5.41, 5.74) is 2.34. The number of piperazine rings is 1. The maximum atomic E-state index is 13.1. The Kier molecular flexibility index (Phi) is 5.44. The normalized spacial score (nSPS) is 14.2. The van der Waals surface area contributed by atoms with Gasteiger partial charge in [0.15, 0.2) is 5.13 Å². The topological polar surface area (TPSA) is 48.5 Å². The molecule has 1 aliphatic heterocycles. The number of thiazole rings is 1. The molecule has 29 heavy (non-hydrogen) atoms. The molecule has 0 bridgehead atoms. The number of rotatable bonds is 4. The van der Waals surface area contributed by atoms with Gasteiger partial charge in [-0.2, -0.15) is 0 Å². The number of amides is 1. The van der Waals surface area contributed by atoms with Gasteiger partial charge in [0.1, 0.15) is 16.5 Å². The highest BCUT2D eigenvalue weighted by molar-refractivity contribution is 7.17. The van der Waals surface area contributed by atoms with Gasteiger partial charge in [-0.15, -0.1) is 0 Å². The minimum atomic E-state index is -0.304. The van der Waals surface area contributed by atoms with Crippen LogP contribution >= 0.6 is 11.3 Å². The Labute approximate surface area is 171 Å². The first kappa shape index (κ1) is 19.3. The second-order valence-corrected chi connectivity index (χ2v) is 7.82. The number of aryl methyl sites for hydroxylation is 1. The second kappa shape index (κ2) is 8.16. The molecule has 5 nitrogen and oxygen atoms in total. The molecule has 0 radical (unpaired) electrons. The van der Waals surface area contributed by atoms with Crippen LogP contribution in [0.25, 0.3) is 0 Å². The van der Waals surface area contributed by atoms with Crippen LogP contribution in [0.4, 0.5) is 25.3 Å². The molecule has 1 aliphatic rings. The molecular formula is C21H20F2N4OS. The number of nitrogens with zero attached hydrogens (tertiary/aromatic N) is 3. The molecule has 0 aliphatic carbocycles. The van der Waals surface area contributed by atoms with Gasteiger partial charge in [-0.25, -0.2) is 13.8 Å². The van der Waals surface area contributed by atoms with Gasteiger partial charge < -0.3 is 15.1 Å². The van der Waals surface area contributed by atoms with E-state index >= 15 is 0 Å². The standard InChI is InChI=1S/C21H20F2N4OS/c1-14-19(29-21(24-14)25-17-6-2-15(22)3-7-17)20(28)27-12-10-26(11-13-27)18-8-4-16(23)5-9-18/h2-9H,10-13H2,1H3,(H,24,25). The van der Waals surface area contributed by atoms with Gasteiger partial charge in [-0.05, 0) is 55.5 Å². The number of hydrogen-bond acceptors (Lipinski definition) is 5. The summed E-state index contributed by atoms with van der Waals surface area (Å²) in [7, 11) is 0. The summed E-state index contributed by atoms with van der Waals surface area (Å²) in [5.74, 6) is -0.597. The van der Waals surface area contributed by atoms with E-state index in [-0.39, 0.29) is 17.5 Å². The van der Waals surface area contributed by atoms with Crippen LogP contribution in [0.1, 0.15) is 15.4 Å². The molecule has 1 N–H and O–H groups in total. The zero-order chi connectivity index (χ0) is 20.4. The summed E-state index contributed by atoms with van der Waals surface area (Å²) in [5, 5.41) is 3.71. The molecule has 0 unspecified atom stereocenters. The van der Waals surface area contributed by atoms with E-state index in [0.29, 0.717) is 47.6 Å². The molecule has 1 fully saturated rings. The van der Waals surface area contributed by atoms with Crippen LogP contribution in [-0.2, 0) is 0 Å². The number of carbonyl (C=O) groups excluding carboxylic acids is 1. The highest BCUT2D eigenvalue weighted by Gasteiger charge is 2.25. The van der Waals surface area contributed by atoms with Crippen LogP contribution < -0.4 is 10.2 Å². The Balaban J connectivity index is 1.40. The van der Waals surface area contributed by atoms with Gasteiger partial charge >= 0.3 is 0 Å². The first-order valence-electron chi connectivity index (χ1n) is 9.29. The summed E-state index contributed by atoms with van der Waals surface area (Å²) >= 11 is 1.30. The van der Waals surface area contributed by atoms with Gasteiger partial charge in [0.2, 0.25) is 0 Å². The van der Waals surface area contributed by atoms with E-state index in [4.69, 9.17) is 0 Å². The van der Waals surface area contributed by atoms with Crippen LogP contribution in [0.3, 0.4) is 0 Å². The number of carbonyl (C=O) groups is 1. The van der Waals surface area contributed by atoms with E-state index in [1.165, 1.54) is 35.6 Å². The number of benzene rings is 2. The molecule has 3 aromatic rings. The van der Waals surface area contributed by atoms with Crippen LogP contribution in [-0.4, -0.2) is 42.0 Å². The number of hydrogen-bond donors (Lipinski definition) is 1. The van der Waals surface area contributed by atoms with Crippen molar-refractivity contribution in [3.8, 4) is 0 Å². The molecule has 8 heteroatoms. The van der Waals surface area contributed by atoms with Gasteiger partial charge in [0.25, 0.3) is 5.91 Å². The van der Waals surface area contributed by atoms with Crippen LogP contribution in [0, 0.1) is 18.6 Å². The van der Waals surface area contributed by atoms with Crippen molar-refractivity contribution in [2.24, 2.45) is 0 Å². The predicted molar refractivity (Wildman–Crippen MR) is 111 cm³/mol.